The molecule has 3 saturated heterocycles. The van der Waals surface area contributed by atoms with Gasteiger partial charge in [-0.1, -0.05) is 19.4 Å². The van der Waals surface area contributed by atoms with E-state index in [2.05, 4.69) is 13.5 Å². The first-order valence-electron chi connectivity index (χ1n) is 10.6. The lowest BCUT2D eigenvalue weighted by molar-refractivity contribution is -0.153. The maximum absolute atomic E-state index is 13.7. The molecule has 3 aliphatic heterocycles. The average Bonchev–Trinajstić information content (AvgIpc) is 3.33. The van der Waals surface area contributed by atoms with Gasteiger partial charge in [-0.2, -0.15) is 0 Å². The second-order valence-corrected chi connectivity index (χ2v) is 9.59. The summed E-state index contributed by atoms with van der Waals surface area (Å²) in [5, 5.41) is 9.60. The number of hydrogen-bond donors (Lipinski definition) is 1. The van der Waals surface area contributed by atoms with E-state index in [4.69, 9.17) is 4.74 Å². The molecule has 0 radical (unpaired) electrons. The average molecular weight is 425 g/mol. The largest absolute Gasteiger partial charge is 0.466 e. The lowest BCUT2D eigenvalue weighted by Gasteiger charge is -2.37. The minimum Gasteiger partial charge on any atom is -0.466 e. The molecule has 2 amide bonds. The summed E-state index contributed by atoms with van der Waals surface area (Å²) in [6.45, 7) is 8.79. The smallest absolute Gasteiger partial charge is 0.310 e. The van der Waals surface area contributed by atoms with Crippen molar-refractivity contribution in [1.82, 2.24) is 9.80 Å². The fourth-order valence-corrected chi connectivity index (χ4v) is 7.46. The van der Waals surface area contributed by atoms with Crippen LogP contribution in [0.1, 0.15) is 39.5 Å². The van der Waals surface area contributed by atoms with Gasteiger partial charge in [-0.15, -0.1) is 18.3 Å². The third kappa shape index (κ3) is 3.58. The number of rotatable bonds is 10. The number of hydrogen-bond acceptors (Lipinski definition) is 6. The summed E-state index contributed by atoms with van der Waals surface area (Å²) in [6, 6.07) is -0.654. The van der Waals surface area contributed by atoms with Crippen molar-refractivity contribution in [3.63, 3.8) is 0 Å². The first kappa shape index (κ1) is 22.2. The Morgan fingerprint density at radius 3 is 2.83 bits per heavy atom. The van der Waals surface area contributed by atoms with Gasteiger partial charge < -0.3 is 19.6 Å². The van der Waals surface area contributed by atoms with Crippen LogP contribution in [0.4, 0.5) is 0 Å². The van der Waals surface area contributed by atoms with Gasteiger partial charge in [0.15, 0.2) is 0 Å². The van der Waals surface area contributed by atoms with Gasteiger partial charge in [-0.05, 0) is 26.2 Å². The molecule has 0 aliphatic carbocycles. The van der Waals surface area contributed by atoms with E-state index in [1.807, 2.05) is 0 Å². The highest BCUT2D eigenvalue weighted by atomic mass is 32.2. The molecule has 3 rings (SSSR count). The van der Waals surface area contributed by atoms with Crippen molar-refractivity contribution < 1.29 is 24.2 Å². The van der Waals surface area contributed by atoms with Crippen LogP contribution in [0, 0.1) is 11.8 Å². The fourth-order valence-electron chi connectivity index (χ4n) is 5.26. The van der Waals surface area contributed by atoms with Crippen molar-refractivity contribution in [3.8, 4) is 0 Å². The topological polar surface area (TPSA) is 87.2 Å². The Morgan fingerprint density at radius 1 is 1.45 bits per heavy atom. The molecule has 8 heteroatoms. The minimum absolute atomic E-state index is 0.0121. The Bertz CT molecular complexity index is 671. The molecule has 1 N–H and O–H groups in total. The number of aliphatic hydroxyl groups excluding tert-OH is 1. The first-order chi connectivity index (χ1) is 14.0. The predicted molar refractivity (Wildman–Crippen MR) is 111 cm³/mol. The fraction of sp³-hybridized carbons (Fsp3) is 0.762. The molecule has 0 aromatic carbocycles. The predicted octanol–water partition coefficient (Wildman–Crippen LogP) is 1.45. The van der Waals surface area contributed by atoms with Crippen LogP contribution in [0.15, 0.2) is 12.7 Å². The zero-order chi connectivity index (χ0) is 21.2. The van der Waals surface area contributed by atoms with Crippen LogP contribution >= 0.6 is 11.8 Å². The van der Waals surface area contributed by atoms with E-state index < -0.39 is 22.6 Å². The number of fused-ring (bicyclic) bond motifs is 1. The van der Waals surface area contributed by atoms with Crippen LogP contribution in [-0.4, -0.2) is 81.6 Å². The molecule has 1 spiro atoms. The number of carbonyl (C=O) groups excluding carboxylic acids is 3. The Kier molecular flexibility index (Phi) is 6.94. The van der Waals surface area contributed by atoms with Gasteiger partial charge in [0.2, 0.25) is 11.8 Å². The number of esters is 1. The summed E-state index contributed by atoms with van der Waals surface area (Å²) >= 11 is 1.62. The molecule has 2 bridgehead atoms. The SMILES string of the molecule is C=CCN(CCCC)C(=O)C1N(CCO)C(=O)[C@@H]2[C@@H](C(=O)OCC)[C@H]3CCC12S3. The van der Waals surface area contributed by atoms with E-state index in [0.29, 0.717) is 13.1 Å². The molecule has 3 heterocycles. The number of carbonyl (C=O) groups is 3. The van der Waals surface area contributed by atoms with Gasteiger partial charge in [-0.25, -0.2) is 0 Å². The molecule has 7 nitrogen and oxygen atoms in total. The summed E-state index contributed by atoms with van der Waals surface area (Å²) in [5.41, 5.74) is 0. The van der Waals surface area contributed by atoms with Crippen LogP contribution in [0.2, 0.25) is 0 Å². The number of unbranched alkanes of at least 4 members (excludes halogenated alkanes) is 1. The van der Waals surface area contributed by atoms with E-state index in [1.54, 1.807) is 29.7 Å². The molecule has 3 fully saturated rings. The minimum atomic E-state index is -0.654. The van der Waals surface area contributed by atoms with Gasteiger partial charge in [-0.3, -0.25) is 14.4 Å². The van der Waals surface area contributed by atoms with Crippen LogP contribution in [-0.2, 0) is 19.1 Å². The first-order valence-corrected chi connectivity index (χ1v) is 11.5. The van der Waals surface area contributed by atoms with E-state index in [-0.39, 0.29) is 42.8 Å². The van der Waals surface area contributed by atoms with Gasteiger partial charge in [0.25, 0.3) is 0 Å². The third-order valence-corrected chi connectivity index (χ3v) is 8.33. The Morgan fingerprint density at radius 2 is 2.21 bits per heavy atom. The lowest BCUT2D eigenvalue weighted by Crippen LogP contribution is -2.55. The molecule has 162 valence electrons. The van der Waals surface area contributed by atoms with Crippen LogP contribution in [0.5, 0.6) is 0 Å². The molecule has 0 aromatic heterocycles. The van der Waals surface area contributed by atoms with Crippen molar-refractivity contribution in [3.05, 3.63) is 12.7 Å². The Balaban J connectivity index is 1.97. The number of aliphatic hydroxyl groups is 1. The highest BCUT2D eigenvalue weighted by molar-refractivity contribution is 8.02. The standard InChI is InChI=1S/C21H32N2O5S/c1-4-7-11-22(10-5-2)19(26)17-21-9-8-14(29-21)15(20(27)28-6-3)16(21)18(25)23(17)12-13-24/h5,14-17,24H,2,4,6-13H2,1,3H3/t14-,15+,16+,17?,21?/m1/s1. The third-order valence-electron chi connectivity index (χ3n) is 6.38. The van der Waals surface area contributed by atoms with Crippen molar-refractivity contribution in [1.29, 1.82) is 0 Å². The van der Waals surface area contributed by atoms with Gasteiger partial charge in [0.1, 0.15) is 6.04 Å². The highest BCUT2D eigenvalue weighted by Crippen LogP contribution is 2.66. The van der Waals surface area contributed by atoms with Crippen LogP contribution in [0.25, 0.3) is 0 Å². The zero-order valence-electron chi connectivity index (χ0n) is 17.3. The van der Waals surface area contributed by atoms with Crippen molar-refractivity contribution in [2.45, 2.75) is 55.6 Å². The number of ether oxygens (including phenoxy) is 1. The maximum atomic E-state index is 13.7. The summed E-state index contributed by atoms with van der Waals surface area (Å²) in [5.74, 6) is -1.69. The van der Waals surface area contributed by atoms with Crippen molar-refractivity contribution >= 4 is 29.5 Å². The number of β-amino-alcohol motifs (C(OH)–C–C–N with tert-alkyl or cyclic N) is 1. The molecule has 3 aliphatic rings. The number of likely N-dealkylation sites (tertiary alicyclic amines) is 1. The van der Waals surface area contributed by atoms with Crippen molar-refractivity contribution in [2.24, 2.45) is 11.8 Å². The molecule has 0 aromatic rings. The normalized spacial score (nSPS) is 32.4. The second kappa shape index (κ2) is 9.08. The summed E-state index contributed by atoms with van der Waals surface area (Å²) in [7, 11) is 0. The van der Waals surface area contributed by atoms with Crippen LogP contribution in [0.3, 0.4) is 0 Å². The van der Waals surface area contributed by atoms with Crippen molar-refractivity contribution in [2.75, 3.05) is 32.8 Å². The Labute approximate surface area is 176 Å². The molecule has 29 heavy (non-hydrogen) atoms. The zero-order valence-corrected chi connectivity index (χ0v) is 18.2. The van der Waals surface area contributed by atoms with Gasteiger partial charge in [0, 0.05) is 24.9 Å². The molecule has 5 atom stereocenters. The van der Waals surface area contributed by atoms with Gasteiger partial charge >= 0.3 is 5.97 Å². The van der Waals surface area contributed by atoms with E-state index >= 15 is 0 Å². The highest BCUT2D eigenvalue weighted by Gasteiger charge is 2.74. The molecule has 2 unspecified atom stereocenters. The molecular formula is C21H32N2O5S. The molecule has 0 saturated carbocycles. The number of amides is 2. The number of nitrogens with zero attached hydrogens (tertiary/aromatic N) is 2. The van der Waals surface area contributed by atoms with E-state index in [1.165, 1.54) is 4.90 Å². The monoisotopic (exact) mass is 424 g/mol. The second-order valence-electron chi connectivity index (χ2n) is 7.99. The number of thioether (sulfide) groups is 1. The van der Waals surface area contributed by atoms with E-state index in [9.17, 15) is 19.5 Å². The summed E-state index contributed by atoms with van der Waals surface area (Å²) in [6.07, 6.45) is 5.06. The van der Waals surface area contributed by atoms with E-state index in [0.717, 1.165) is 25.7 Å². The van der Waals surface area contributed by atoms with Gasteiger partial charge in [0.05, 0.1) is 29.8 Å². The summed E-state index contributed by atoms with van der Waals surface area (Å²) in [4.78, 5) is 43.0. The maximum Gasteiger partial charge on any atom is 0.310 e. The molecular weight excluding hydrogens is 392 g/mol. The van der Waals surface area contributed by atoms with Crippen LogP contribution < -0.4 is 0 Å². The summed E-state index contributed by atoms with van der Waals surface area (Å²) < 4.78 is 4.67. The Hall–Kier alpha value is -1.54. The lowest BCUT2D eigenvalue weighted by atomic mass is 9.71. The quantitative estimate of drug-likeness (QED) is 0.422.